The minimum absolute atomic E-state index is 0.0110. The largest absolute Gasteiger partial charge is 0.506 e. The fourth-order valence-corrected chi connectivity index (χ4v) is 18.3. The summed E-state index contributed by atoms with van der Waals surface area (Å²) in [6, 6.07) is 57.4. The SMILES string of the molecule is CCCCCCCC[N+]1=C(/C=C2/C(=O)C(c3ccc(-c4ccc(-c5ccc(N(c6ccc7c(c6)C(C)(C)c6cc(OCCCCCC)ccc6-7)c6ccc7c(c6)C(C)(C)c6cc(OCCCCCC)ccc6-7)cc5)s4)n3C)=C2O)C(C)(C)c2cc(-c3ccc(/C=C(\C#N)C(=O)OCCCCCC)s3)ccc21. The normalized spacial score (nSPS) is 15.3. The van der Waals surface area contributed by atoms with Gasteiger partial charge in [0.05, 0.1) is 52.6 Å². The minimum atomic E-state index is -0.592. The first kappa shape index (κ1) is 75.0. The molecule has 0 saturated carbocycles. The van der Waals surface area contributed by atoms with Crippen LogP contribution < -0.4 is 14.4 Å². The highest BCUT2D eigenvalue weighted by atomic mass is 32.1. The van der Waals surface area contributed by atoms with Gasteiger partial charge in [-0.05, 0) is 210 Å². The molecule has 6 aromatic carbocycles. The Labute approximate surface area is 637 Å². The predicted molar refractivity (Wildman–Crippen MR) is 441 cm³/mol. The van der Waals surface area contributed by atoms with E-state index < -0.39 is 11.4 Å². The Kier molecular flexibility index (Phi) is 22.9. The minimum Gasteiger partial charge on any atom is -0.506 e. The van der Waals surface area contributed by atoms with E-state index in [-0.39, 0.29) is 27.9 Å². The highest BCUT2D eigenvalue weighted by Crippen LogP contribution is 2.55. The molecule has 0 bridgehead atoms. The highest BCUT2D eigenvalue weighted by Gasteiger charge is 2.48. The molecule has 12 heteroatoms. The third-order valence-corrected chi connectivity index (χ3v) is 24.8. The van der Waals surface area contributed by atoms with E-state index >= 15 is 0 Å². The van der Waals surface area contributed by atoms with Crippen molar-refractivity contribution < 1.29 is 33.5 Å². The van der Waals surface area contributed by atoms with Crippen LogP contribution in [0.1, 0.15) is 223 Å². The average molecular weight is 1450 g/mol. The number of thiophene rings is 2. The number of carbonyl (C=O) groups is 2. The molecule has 0 fully saturated rings. The van der Waals surface area contributed by atoms with Crippen LogP contribution in [-0.4, -0.2) is 58.1 Å². The Morgan fingerprint density at radius 1 is 0.519 bits per heavy atom. The summed E-state index contributed by atoms with van der Waals surface area (Å²) < 4.78 is 22.6. The smallest absolute Gasteiger partial charge is 0.348 e. The van der Waals surface area contributed by atoms with Crippen LogP contribution in [-0.2, 0) is 37.6 Å². The Balaban J connectivity index is 0.766. The zero-order valence-corrected chi connectivity index (χ0v) is 65.9. The summed E-state index contributed by atoms with van der Waals surface area (Å²) >= 11 is 3.24. The second-order valence-electron chi connectivity index (χ2n) is 31.0. The number of nitriles is 1. The number of rotatable bonds is 34. The number of carbonyl (C=O) groups excluding carboxylic acids is 2. The lowest BCUT2D eigenvalue weighted by molar-refractivity contribution is -0.438. The Morgan fingerprint density at radius 2 is 1.01 bits per heavy atom. The first-order valence-corrected chi connectivity index (χ1v) is 40.8. The maximum atomic E-state index is 14.7. The van der Waals surface area contributed by atoms with Gasteiger partial charge in [0.1, 0.15) is 35.4 Å². The summed E-state index contributed by atoms with van der Waals surface area (Å²) in [4.78, 5) is 34.0. The quantitative estimate of drug-likeness (QED) is 0.0139. The molecule has 13 rings (SSSR count). The molecule has 0 atom stereocenters. The third kappa shape index (κ3) is 15.0. The number of esters is 1. The summed E-state index contributed by atoms with van der Waals surface area (Å²) in [5.41, 5.74) is 20.0. The maximum absolute atomic E-state index is 14.7. The van der Waals surface area contributed by atoms with Gasteiger partial charge >= 0.3 is 5.97 Å². The van der Waals surface area contributed by atoms with Crippen molar-refractivity contribution in [3.8, 4) is 71.3 Å². The standard InChI is InChI=1S/C94H104N4O6S2/c1-12-16-20-24-25-26-50-97-81-44-32-63(85-47-39-70(105-85)54-64(61-95)91(101)104-53-29-23-19-15-4)55-80(81)94(9,10)87(97)60-75-89(99)88(90(75)100)83-46-45-82(96(83)11)86-49-48-84(106-86)62-30-33-65(34-31-62)98(66-35-40-71-73-42-37-68(102-51-27-21-17-13-2)58-78(73)92(5,6)76(71)56-66)67-36-41-72-74-43-38-69(103-52-28-22-18-14-3)59-79(74)93(7,8)77(72)57-67/h30-49,54-60H,12-29,50-53H2,1-11H3/p+1/b64-54+. The lowest BCUT2D eigenvalue weighted by Gasteiger charge is -2.30. The zero-order chi connectivity index (χ0) is 74.4. The molecule has 106 heavy (non-hydrogen) atoms. The Hall–Kier alpha value is -9.28. The van der Waals surface area contributed by atoms with E-state index in [1.54, 1.807) is 17.4 Å². The molecule has 1 aliphatic heterocycles. The molecular weight excluding hydrogens is 1350 g/mol. The van der Waals surface area contributed by atoms with Gasteiger partial charge in [-0.3, -0.25) is 4.79 Å². The molecule has 0 amide bonds. The van der Waals surface area contributed by atoms with Gasteiger partial charge in [0.25, 0.3) is 0 Å². The van der Waals surface area contributed by atoms with Crippen LogP contribution in [0.25, 0.3) is 65.4 Å². The summed E-state index contributed by atoms with van der Waals surface area (Å²) in [6.45, 7) is 25.2. The van der Waals surface area contributed by atoms with Crippen molar-refractivity contribution in [2.45, 2.75) is 201 Å². The van der Waals surface area contributed by atoms with Gasteiger partial charge in [-0.1, -0.05) is 175 Å². The van der Waals surface area contributed by atoms with Gasteiger partial charge in [0.15, 0.2) is 5.71 Å². The van der Waals surface area contributed by atoms with Gasteiger partial charge in [-0.15, -0.1) is 22.7 Å². The highest BCUT2D eigenvalue weighted by molar-refractivity contribution is 7.18. The first-order valence-electron chi connectivity index (χ1n) is 39.2. The number of nitrogens with zero attached hydrogens (tertiary/aromatic N) is 4. The number of ketones is 1. The molecule has 0 unspecified atom stereocenters. The van der Waals surface area contributed by atoms with E-state index in [2.05, 4.69) is 218 Å². The van der Waals surface area contributed by atoms with Gasteiger partial charge in [0.2, 0.25) is 11.5 Å². The number of Topliss-reactive ketones (excluding diaryl/α,β-unsaturated/α-hetero) is 1. The molecule has 1 N–H and O–H groups in total. The number of aromatic nitrogens is 1. The number of unbranched alkanes of at least 4 members (excludes halogenated alkanes) is 14. The number of aliphatic hydroxyl groups is 1. The fraction of sp³-hybridized carbons (Fsp3) is 0.383. The van der Waals surface area contributed by atoms with Crippen LogP contribution >= 0.6 is 22.7 Å². The number of hydrogen-bond acceptors (Lipinski definition) is 10. The van der Waals surface area contributed by atoms with Gasteiger partial charge in [-0.25, -0.2) is 4.79 Å². The third-order valence-electron chi connectivity index (χ3n) is 22.6. The molecule has 10 nitrogen and oxygen atoms in total. The van der Waals surface area contributed by atoms with Crippen molar-refractivity contribution in [1.82, 2.24) is 4.57 Å². The second kappa shape index (κ2) is 32.4. The van der Waals surface area contributed by atoms with E-state index in [9.17, 15) is 20.0 Å². The molecule has 3 aliphatic carbocycles. The molecule has 0 spiro atoms. The summed E-state index contributed by atoms with van der Waals surface area (Å²) in [7, 11) is 1.98. The number of anilines is 3. The van der Waals surface area contributed by atoms with Crippen LogP contribution in [0.4, 0.5) is 22.7 Å². The number of aliphatic hydroxyl groups excluding tert-OH is 1. The number of hydrogen-bond donors (Lipinski definition) is 1. The van der Waals surface area contributed by atoms with Crippen molar-refractivity contribution in [3.63, 3.8) is 0 Å². The average Bonchev–Trinajstić information content (AvgIpc) is 1.57. The summed E-state index contributed by atoms with van der Waals surface area (Å²) in [5, 5.41) is 22.1. The second-order valence-corrected chi connectivity index (χ2v) is 33.2. The maximum Gasteiger partial charge on any atom is 0.348 e. The zero-order valence-electron chi connectivity index (χ0n) is 64.2. The fourth-order valence-electron chi connectivity index (χ4n) is 16.3. The molecule has 4 heterocycles. The van der Waals surface area contributed by atoms with E-state index in [0.717, 1.165) is 153 Å². The number of fused-ring (bicyclic) bond motifs is 7. The molecular formula is C94H105N4O6S2+. The van der Waals surface area contributed by atoms with E-state index in [0.29, 0.717) is 23.4 Å². The van der Waals surface area contributed by atoms with Crippen molar-refractivity contribution in [1.29, 1.82) is 5.26 Å². The molecule has 548 valence electrons. The van der Waals surface area contributed by atoms with Crippen molar-refractivity contribution in [2.75, 3.05) is 31.3 Å². The van der Waals surface area contributed by atoms with Crippen molar-refractivity contribution in [3.05, 3.63) is 213 Å². The molecule has 0 radical (unpaired) electrons. The predicted octanol–water partition coefficient (Wildman–Crippen LogP) is 25.4. The monoisotopic (exact) mass is 1450 g/mol. The molecule has 0 saturated heterocycles. The molecule has 3 aromatic heterocycles. The van der Waals surface area contributed by atoms with E-state index in [1.807, 2.05) is 35.9 Å². The first-order chi connectivity index (χ1) is 51.3. The lowest BCUT2D eigenvalue weighted by atomic mass is 9.78. The Morgan fingerprint density at radius 3 is 1.58 bits per heavy atom. The van der Waals surface area contributed by atoms with E-state index in [1.165, 1.54) is 120 Å². The van der Waals surface area contributed by atoms with E-state index in [4.69, 9.17) is 14.2 Å². The number of ether oxygens (including phenoxy) is 3. The summed E-state index contributed by atoms with van der Waals surface area (Å²) in [6.07, 6.45) is 23.7. The Bertz CT molecular complexity index is 4810. The topological polar surface area (TPSA) is 117 Å². The van der Waals surface area contributed by atoms with Crippen LogP contribution in [0.2, 0.25) is 0 Å². The van der Waals surface area contributed by atoms with Crippen LogP contribution in [0, 0.1) is 11.3 Å². The molecule has 9 aromatic rings. The molecule has 4 aliphatic rings. The van der Waals surface area contributed by atoms with Gasteiger partial charge < -0.3 is 28.8 Å². The van der Waals surface area contributed by atoms with Crippen molar-refractivity contribution in [2.24, 2.45) is 7.05 Å². The van der Waals surface area contributed by atoms with Crippen LogP contribution in [0.3, 0.4) is 0 Å². The number of benzene rings is 6. The summed E-state index contributed by atoms with van der Waals surface area (Å²) in [5.74, 6) is 1.11. The number of allylic oxidation sites excluding steroid dienone is 3. The van der Waals surface area contributed by atoms with Gasteiger partial charge in [0, 0.05) is 73.7 Å². The lowest BCUT2D eigenvalue weighted by Crippen LogP contribution is -2.31. The van der Waals surface area contributed by atoms with Crippen molar-refractivity contribution >= 4 is 74.5 Å². The van der Waals surface area contributed by atoms with Crippen LogP contribution in [0.15, 0.2) is 175 Å². The van der Waals surface area contributed by atoms with Gasteiger partial charge in [-0.2, -0.15) is 9.84 Å². The van der Waals surface area contributed by atoms with Crippen LogP contribution in [0.5, 0.6) is 11.5 Å².